The molecule has 1 saturated heterocycles. The second kappa shape index (κ2) is 9.74. The molecule has 0 saturated carbocycles. The topological polar surface area (TPSA) is 139 Å². The summed E-state index contributed by atoms with van der Waals surface area (Å²) in [5.41, 5.74) is 0.782. The number of furan rings is 1. The molecule has 0 aliphatic carbocycles. The Kier molecular flexibility index (Phi) is 7.22. The molecule has 1 amide bonds. The van der Waals surface area contributed by atoms with Crippen LogP contribution in [0.15, 0.2) is 33.6 Å². The molecule has 11 heteroatoms. The second-order valence-electron chi connectivity index (χ2n) is 7.83. The summed E-state index contributed by atoms with van der Waals surface area (Å²) in [5.74, 6) is -1.09. The molecular weight excluding hydrogens is 450 g/mol. The first-order valence-corrected chi connectivity index (χ1v) is 11.7. The first kappa shape index (κ1) is 24.4. The molecule has 10 nitrogen and oxygen atoms in total. The van der Waals surface area contributed by atoms with Crippen LogP contribution in [0.5, 0.6) is 0 Å². The lowest BCUT2D eigenvalue weighted by Gasteiger charge is -2.34. The molecular formula is C22H25N3O7S. The number of esters is 1. The van der Waals surface area contributed by atoms with Crippen LogP contribution in [0, 0.1) is 25.2 Å². The summed E-state index contributed by atoms with van der Waals surface area (Å²) in [7, 11) is -3.84. The average molecular weight is 476 g/mol. The lowest BCUT2D eigenvalue weighted by atomic mass is 10.2. The van der Waals surface area contributed by atoms with E-state index in [0.717, 1.165) is 0 Å². The molecule has 2 aromatic rings. The zero-order valence-electron chi connectivity index (χ0n) is 18.7. The fourth-order valence-corrected chi connectivity index (χ4v) is 5.12. The van der Waals surface area contributed by atoms with E-state index >= 15 is 0 Å². The van der Waals surface area contributed by atoms with Gasteiger partial charge in [0.05, 0.1) is 22.7 Å². The number of hydrogen-bond donors (Lipinski definition) is 1. The van der Waals surface area contributed by atoms with E-state index in [1.807, 2.05) is 6.07 Å². The van der Waals surface area contributed by atoms with E-state index < -0.39 is 28.5 Å². The molecule has 1 aliphatic rings. The van der Waals surface area contributed by atoms with E-state index in [2.05, 4.69) is 5.32 Å². The van der Waals surface area contributed by atoms with E-state index in [0.29, 0.717) is 11.3 Å². The van der Waals surface area contributed by atoms with Gasteiger partial charge in [-0.3, -0.25) is 10.1 Å². The van der Waals surface area contributed by atoms with Crippen molar-refractivity contribution in [3.8, 4) is 6.07 Å². The monoisotopic (exact) mass is 475 g/mol. The van der Waals surface area contributed by atoms with Gasteiger partial charge in [-0.25, -0.2) is 13.2 Å². The first-order chi connectivity index (χ1) is 15.5. The average Bonchev–Trinajstić information content (AvgIpc) is 3.03. The molecule has 1 aromatic heterocycles. The molecule has 1 N–H and O–H groups in total. The van der Waals surface area contributed by atoms with Crippen LogP contribution in [0.1, 0.15) is 41.1 Å². The van der Waals surface area contributed by atoms with Crippen molar-refractivity contribution in [2.45, 2.75) is 44.8 Å². The highest BCUT2D eigenvalue weighted by atomic mass is 32.2. The molecule has 1 aliphatic heterocycles. The van der Waals surface area contributed by atoms with Crippen LogP contribution in [0.4, 0.5) is 5.88 Å². The molecule has 2 heterocycles. The largest absolute Gasteiger partial charge is 0.452 e. The molecule has 0 spiro atoms. The fourth-order valence-electron chi connectivity index (χ4n) is 3.49. The molecule has 0 bridgehead atoms. The number of hydrogen-bond acceptors (Lipinski definition) is 8. The number of anilines is 1. The van der Waals surface area contributed by atoms with Crippen LogP contribution in [-0.2, 0) is 24.3 Å². The number of morpholine rings is 1. The standard InChI is InChI=1S/C22H25N3O7S/c1-13-10-25(11-14(2)31-13)33(28,29)18-7-5-6-17(8-18)22(27)30-12-20(26)24-21-19(9-23)15(3)16(4)32-21/h5-8,13-14H,10-12H2,1-4H3,(H,24,26). The summed E-state index contributed by atoms with van der Waals surface area (Å²) in [4.78, 5) is 24.5. The normalized spacial score (nSPS) is 19.0. The van der Waals surface area contributed by atoms with Gasteiger partial charge in [-0.1, -0.05) is 6.07 Å². The van der Waals surface area contributed by atoms with E-state index in [1.165, 1.54) is 28.6 Å². The van der Waals surface area contributed by atoms with Gasteiger partial charge in [-0.2, -0.15) is 9.57 Å². The third-order valence-electron chi connectivity index (χ3n) is 5.18. The molecule has 1 aromatic carbocycles. The maximum Gasteiger partial charge on any atom is 0.338 e. The highest BCUT2D eigenvalue weighted by Gasteiger charge is 2.32. The van der Waals surface area contributed by atoms with Gasteiger partial charge in [-0.05, 0) is 45.9 Å². The van der Waals surface area contributed by atoms with Crippen LogP contribution in [0.25, 0.3) is 0 Å². The Bertz CT molecular complexity index is 1200. The Morgan fingerprint density at radius 3 is 2.55 bits per heavy atom. The number of nitrogens with zero attached hydrogens (tertiary/aromatic N) is 2. The number of carbonyl (C=O) groups is 2. The molecule has 3 rings (SSSR count). The minimum absolute atomic E-state index is 0.0133. The molecule has 33 heavy (non-hydrogen) atoms. The fraction of sp³-hybridized carbons (Fsp3) is 0.409. The summed E-state index contributed by atoms with van der Waals surface area (Å²) in [6, 6.07) is 7.40. The van der Waals surface area contributed by atoms with E-state index in [4.69, 9.17) is 13.9 Å². The lowest BCUT2D eigenvalue weighted by Crippen LogP contribution is -2.48. The number of amides is 1. The Balaban J connectivity index is 1.67. The summed E-state index contributed by atoms with van der Waals surface area (Å²) in [6.45, 7) is 6.70. The Hall–Kier alpha value is -3.20. The van der Waals surface area contributed by atoms with Crippen molar-refractivity contribution in [2.24, 2.45) is 0 Å². The van der Waals surface area contributed by atoms with Gasteiger partial charge >= 0.3 is 5.97 Å². The van der Waals surface area contributed by atoms with Gasteiger partial charge < -0.3 is 13.9 Å². The predicted octanol–water partition coefficient (Wildman–Crippen LogP) is 2.36. The number of carbonyl (C=O) groups excluding carboxylic acids is 2. The number of aryl methyl sites for hydroxylation is 1. The number of nitrogens with one attached hydrogen (secondary N) is 1. The van der Waals surface area contributed by atoms with Gasteiger partial charge in [-0.15, -0.1) is 0 Å². The van der Waals surface area contributed by atoms with Crippen LogP contribution in [0.2, 0.25) is 0 Å². The SMILES string of the molecule is Cc1oc(NC(=O)COC(=O)c2cccc(S(=O)(=O)N3CC(C)OC(C)C3)c2)c(C#N)c1C. The first-order valence-electron chi connectivity index (χ1n) is 10.3. The van der Waals surface area contributed by atoms with Crippen LogP contribution < -0.4 is 5.32 Å². The third-order valence-corrected chi connectivity index (χ3v) is 7.01. The Morgan fingerprint density at radius 1 is 1.24 bits per heavy atom. The third kappa shape index (κ3) is 5.42. The minimum Gasteiger partial charge on any atom is -0.452 e. The summed E-state index contributed by atoms with van der Waals surface area (Å²) < 4.78 is 43.3. The van der Waals surface area contributed by atoms with Crippen molar-refractivity contribution >= 4 is 27.8 Å². The molecule has 2 atom stereocenters. The van der Waals surface area contributed by atoms with Gasteiger partial charge in [0.25, 0.3) is 5.91 Å². The van der Waals surface area contributed by atoms with Crippen molar-refractivity contribution in [2.75, 3.05) is 25.0 Å². The quantitative estimate of drug-likeness (QED) is 0.628. The van der Waals surface area contributed by atoms with Crippen molar-refractivity contribution in [3.05, 3.63) is 46.7 Å². The lowest BCUT2D eigenvalue weighted by molar-refractivity contribution is -0.119. The Morgan fingerprint density at radius 2 is 1.91 bits per heavy atom. The van der Waals surface area contributed by atoms with E-state index in [1.54, 1.807) is 27.7 Å². The second-order valence-corrected chi connectivity index (χ2v) is 9.77. The highest BCUT2D eigenvalue weighted by Crippen LogP contribution is 2.25. The zero-order valence-corrected chi connectivity index (χ0v) is 19.6. The van der Waals surface area contributed by atoms with Gasteiger partial charge in [0.1, 0.15) is 17.4 Å². The van der Waals surface area contributed by atoms with Crippen molar-refractivity contribution < 1.29 is 31.9 Å². The van der Waals surface area contributed by atoms with Crippen LogP contribution in [-0.4, -0.2) is 56.5 Å². The molecule has 176 valence electrons. The van der Waals surface area contributed by atoms with Gasteiger partial charge in [0.2, 0.25) is 15.9 Å². The van der Waals surface area contributed by atoms with Crippen molar-refractivity contribution in [3.63, 3.8) is 0 Å². The van der Waals surface area contributed by atoms with Gasteiger partial charge in [0, 0.05) is 18.7 Å². The van der Waals surface area contributed by atoms with E-state index in [9.17, 15) is 23.3 Å². The summed E-state index contributed by atoms with van der Waals surface area (Å²) >= 11 is 0. The Labute approximate surface area is 192 Å². The molecule has 1 fully saturated rings. The smallest absolute Gasteiger partial charge is 0.338 e. The summed E-state index contributed by atoms with van der Waals surface area (Å²) in [6.07, 6.45) is -0.503. The predicted molar refractivity (Wildman–Crippen MR) is 117 cm³/mol. The van der Waals surface area contributed by atoms with Crippen LogP contribution >= 0.6 is 0 Å². The van der Waals surface area contributed by atoms with Crippen molar-refractivity contribution in [1.29, 1.82) is 5.26 Å². The highest BCUT2D eigenvalue weighted by molar-refractivity contribution is 7.89. The maximum atomic E-state index is 13.0. The number of ether oxygens (including phenoxy) is 2. The summed E-state index contributed by atoms with van der Waals surface area (Å²) in [5, 5.41) is 11.6. The van der Waals surface area contributed by atoms with Crippen LogP contribution in [0.3, 0.4) is 0 Å². The maximum absolute atomic E-state index is 13.0. The molecule has 0 radical (unpaired) electrons. The molecule has 2 unspecified atom stereocenters. The number of sulfonamides is 1. The number of rotatable bonds is 6. The zero-order chi connectivity index (χ0) is 24.3. The van der Waals surface area contributed by atoms with E-state index in [-0.39, 0.29) is 47.2 Å². The minimum atomic E-state index is -3.84. The number of benzene rings is 1. The number of nitriles is 1. The van der Waals surface area contributed by atoms with Gasteiger partial charge in [0.15, 0.2) is 6.61 Å². The van der Waals surface area contributed by atoms with Crippen molar-refractivity contribution in [1.82, 2.24) is 4.31 Å².